The molecule has 0 amide bonds. The Balaban J connectivity index is 1.62. The zero-order valence-electron chi connectivity index (χ0n) is 15.2. The summed E-state index contributed by atoms with van der Waals surface area (Å²) in [4.78, 5) is 13.6. The number of Topliss-reactive ketones (excluding diaryl/α,β-unsaturated/α-hetero) is 1. The lowest BCUT2D eigenvalue weighted by Gasteiger charge is -2.07. The first-order valence-corrected chi connectivity index (χ1v) is 10.9. The SMILES string of the molecule is CCn1c(CSc2ccc(C)cc2)nnc1SCC(=O)c1ccc(Cl)cc1. The first kappa shape index (κ1) is 20.0. The molecule has 0 fully saturated rings. The van der Waals surface area contributed by atoms with E-state index in [-0.39, 0.29) is 5.78 Å². The summed E-state index contributed by atoms with van der Waals surface area (Å²) < 4.78 is 2.07. The normalized spacial score (nSPS) is 10.9. The summed E-state index contributed by atoms with van der Waals surface area (Å²) in [5.41, 5.74) is 1.91. The quantitative estimate of drug-likeness (QED) is 0.356. The fourth-order valence-electron chi connectivity index (χ4n) is 2.48. The van der Waals surface area contributed by atoms with Crippen molar-refractivity contribution in [1.82, 2.24) is 14.8 Å². The van der Waals surface area contributed by atoms with E-state index in [1.165, 1.54) is 22.2 Å². The van der Waals surface area contributed by atoms with Crippen LogP contribution in [-0.2, 0) is 12.3 Å². The van der Waals surface area contributed by atoms with Crippen LogP contribution in [0.2, 0.25) is 5.02 Å². The van der Waals surface area contributed by atoms with Crippen LogP contribution in [0, 0.1) is 6.92 Å². The molecule has 0 atom stereocenters. The van der Waals surface area contributed by atoms with Gasteiger partial charge in [0.2, 0.25) is 0 Å². The molecule has 0 aliphatic rings. The number of hydrogen-bond acceptors (Lipinski definition) is 5. The molecule has 0 N–H and O–H groups in total. The lowest BCUT2D eigenvalue weighted by molar-refractivity contribution is 0.102. The zero-order valence-corrected chi connectivity index (χ0v) is 17.6. The molecular weight excluding hydrogens is 398 g/mol. The number of nitrogens with zero attached hydrogens (tertiary/aromatic N) is 3. The van der Waals surface area contributed by atoms with Crippen molar-refractivity contribution >= 4 is 40.9 Å². The molecule has 0 aliphatic carbocycles. The topological polar surface area (TPSA) is 47.8 Å². The Morgan fingerprint density at radius 2 is 1.74 bits per heavy atom. The van der Waals surface area contributed by atoms with Crippen LogP contribution in [0.15, 0.2) is 58.6 Å². The maximum Gasteiger partial charge on any atom is 0.191 e. The first-order valence-electron chi connectivity index (χ1n) is 8.60. The summed E-state index contributed by atoms with van der Waals surface area (Å²) in [6, 6.07) is 15.4. The fraction of sp³-hybridized carbons (Fsp3) is 0.250. The van der Waals surface area contributed by atoms with E-state index < -0.39 is 0 Å². The molecule has 4 nitrogen and oxygen atoms in total. The van der Waals surface area contributed by atoms with E-state index in [0.29, 0.717) is 16.3 Å². The minimum absolute atomic E-state index is 0.0536. The Labute approximate surface area is 172 Å². The number of carbonyl (C=O) groups excluding carboxylic acids is 1. The lowest BCUT2D eigenvalue weighted by Crippen LogP contribution is -2.06. The van der Waals surface area contributed by atoms with Gasteiger partial charge in [0.1, 0.15) is 5.82 Å². The van der Waals surface area contributed by atoms with Crippen molar-refractivity contribution in [2.75, 3.05) is 5.75 Å². The number of ketones is 1. The molecule has 1 aromatic heterocycles. The molecule has 27 heavy (non-hydrogen) atoms. The van der Waals surface area contributed by atoms with E-state index in [1.807, 2.05) is 0 Å². The predicted molar refractivity (Wildman–Crippen MR) is 113 cm³/mol. The van der Waals surface area contributed by atoms with Crippen molar-refractivity contribution in [1.29, 1.82) is 0 Å². The summed E-state index contributed by atoms with van der Waals surface area (Å²) in [5.74, 6) is 2.04. The molecule has 0 unspecified atom stereocenters. The van der Waals surface area contributed by atoms with Crippen molar-refractivity contribution in [3.63, 3.8) is 0 Å². The second kappa shape index (κ2) is 9.44. The van der Waals surface area contributed by atoms with Gasteiger partial charge < -0.3 is 4.57 Å². The van der Waals surface area contributed by atoms with Gasteiger partial charge in [-0.25, -0.2) is 0 Å². The highest BCUT2D eigenvalue weighted by molar-refractivity contribution is 7.99. The van der Waals surface area contributed by atoms with E-state index in [0.717, 1.165) is 23.3 Å². The number of hydrogen-bond donors (Lipinski definition) is 0. The van der Waals surface area contributed by atoms with Gasteiger partial charge in [-0.05, 0) is 50.2 Å². The van der Waals surface area contributed by atoms with Crippen LogP contribution in [-0.4, -0.2) is 26.3 Å². The number of halogens is 1. The van der Waals surface area contributed by atoms with Crippen LogP contribution in [0.4, 0.5) is 0 Å². The molecule has 2 aromatic carbocycles. The largest absolute Gasteiger partial charge is 0.306 e. The molecule has 0 saturated heterocycles. The second-order valence-corrected chi connectivity index (χ2v) is 8.39. The minimum Gasteiger partial charge on any atom is -0.306 e. The molecule has 1 heterocycles. The molecule has 0 bridgehead atoms. The Morgan fingerprint density at radius 1 is 1.04 bits per heavy atom. The number of carbonyl (C=O) groups is 1. The average molecular weight is 418 g/mol. The molecule has 0 radical (unpaired) electrons. The van der Waals surface area contributed by atoms with Crippen molar-refractivity contribution < 1.29 is 4.79 Å². The van der Waals surface area contributed by atoms with Gasteiger partial charge in [0, 0.05) is 22.0 Å². The molecular formula is C20H20ClN3OS2. The maximum atomic E-state index is 12.3. The Kier molecular flexibility index (Phi) is 6.99. The summed E-state index contributed by atoms with van der Waals surface area (Å²) in [6.07, 6.45) is 0. The zero-order chi connectivity index (χ0) is 19.2. The lowest BCUT2D eigenvalue weighted by atomic mass is 10.1. The highest BCUT2D eigenvalue weighted by Gasteiger charge is 2.14. The molecule has 140 valence electrons. The smallest absolute Gasteiger partial charge is 0.191 e. The Morgan fingerprint density at radius 3 is 2.41 bits per heavy atom. The summed E-state index contributed by atoms with van der Waals surface area (Å²) in [5, 5.41) is 10.0. The highest BCUT2D eigenvalue weighted by atomic mass is 35.5. The van der Waals surface area contributed by atoms with Crippen LogP contribution in [0.25, 0.3) is 0 Å². The van der Waals surface area contributed by atoms with Crippen molar-refractivity contribution in [2.45, 2.75) is 36.2 Å². The van der Waals surface area contributed by atoms with Gasteiger partial charge in [0.25, 0.3) is 0 Å². The van der Waals surface area contributed by atoms with E-state index in [1.54, 1.807) is 36.0 Å². The van der Waals surface area contributed by atoms with Gasteiger partial charge in [0.15, 0.2) is 10.9 Å². The number of rotatable bonds is 8. The monoisotopic (exact) mass is 417 g/mol. The van der Waals surface area contributed by atoms with Gasteiger partial charge in [0.05, 0.1) is 11.5 Å². The molecule has 3 aromatic rings. The van der Waals surface area contributed by atoms with Crippen molar-refractivity contribution in [3.05, 3.63) is 70.5 Å². The summed E-state index contributed by atoms with van der Waals surface area (Å²) in [7, 11) is 0. The maximum absolute atomic E-state index is 12.3. The van der Waals surface area contributed by atoms with E-state index in [2.05, 4.69) is 52.9 Å². The standard InChI is InChI=1S/C20H20ClN3OS2/c1-3-24-19(13-26-17-10-4-14(2)5-11-17)22-23-20(24)27-12-18(25)15-6-8-16(21)9-7-15/h4-11H,3,12-13H2,1-2H3. The van der Waals surface area contributed by atoms with Crippen LogP contribution in [0.1, 0.15) is 28.7 Å². The summed E-state index contributed by atoms with van der Waals surface area (Å²) >= 11 is 9.03. The third-order valence-electron chi connectivity index (χ3n) is 4.00. The van der Waals surface area contributed by atoms with Crippen LogP contribution in [0.3, 0.4) is 0 Å². The fourth-order valence-corrected chi connectivity index (χ4v) is 4.36. The van der Waals surface area contributed by atoms with Crippen LogP contribution in [0.5, 0.6) is 0 Å². The minimum atomic E-state index is 0.0536. The van der Waals surface area contributed by atoms with Gasteiger partial charge in [-0.1, -0.05) is 41.1 Å². The van der Waals surface area contributed by atoms with Gasteiger partial charge >= 0.3 is 0 Å². The first-order chi connectivity index (χ1) is 13.1. The number of thioether (sulfide) groups is 2. The molecule has 0 saturated carbocycles. The van der Waals surface area contributed by atoms with E-state index >= 15 is 0 Å². The van der Waals surface area contributed by atoms with E-state index in [4.69, 9.17) is 11.6 Å². The average Bonchev–Trinajstić information content (AvgIpc) is 3.08. The molecule has 3 rings (SSSR count). The van der Waals surface area contributed by atoms with Crippen LogP contribution < -0.4 is 0 Å². The number of aryl methyl sites for hydroxylation is 1. The predicted octanol–water partition coefficient (Wildman–Crippen LogP) is 5.53. The number of aromatic nitrogens is 3. The van der Waals surface area contributed by atoms with Gasteiger partial charge in [-0.15, -0.1) is 22.0 Å². The number of benzene rings is 2. The molecule has 0 aliphatic heterocycles. The summed E-state index contributed by atoms with van der Waals surface area (Å²) in [6.45, 7) is 4.92. The van der Waals surface area contributed by atoms with Crippen molar-refractivity contribution in [3.8, 4) is 0 Å². The highest BCUT2D eigenvalue weighted by Crippen LogP contribution is 2.25. The van der Waals surface area contributed by atoms with Gasteiger partial charge in [-0.3, -0.25) is 4.79 Å². The Bertz CT molecular complexity index is 908. The second-order valence-electron chi connectivity index (χ2n) is 5.96. The van der Waals surface area contributed by atoms with Crippen LogP contribution >= 0.6 is 35.1 Å². The van der Waals surface area contributed by atoms with Gasteiger partial charge in [-0.2, -0.15) is 0 Å². The Hall–Kier alpha value is -1.76. The molecule has 7 heteroatoms. The molecule has 0 spiro atoms. The third kappa shape index (κ3) is 5.37. The van der Waals surface area contributed by atoms with Crippen molar-refractivity contribution in [2.24, 2.45) is 0 Å². The third-order valence-corrected chi connectivity index (χ3v) is 6.22. The van der Waals surface area contributed by atoms with E-state index in [9.17, 15) is 4.79 Å².